The third-order valence-corrected chi connectivity index (χ3v) is 2.40. The average molecular weight is 214 g/mol. The Bertz CT molecular complexity index is 225. The molecule has 15 heavy (non-hydrogen) atoms. The van der Waals surface area contributed by atoms with Crippen LogP contribution in [0.1, 0.15) is 39.0 Å². The SMILES string of the molecule is CCCCCC(=O)OCC1COC(=O)C1. The molecule has 0 radical (unpaired) electrons. The zero-order valence-electron chi connectivity index (χ0n) is 9.16. The maximum Gasteiger partial charge on any atom is 0.306 e. The lowest BCUT2D eigenvalue weighted by molar-refractivity contribution is -0.145. The van der Waals surface area contributed by atoms with E-state index in [4.69, 9.17) is 9.47 Å². The average Bonchev–Trinajstić information content (AvgIpc) is 2.62. The number of unbranched alkanes of at least 4 members (excludes halogenated alkanes) is 2. The molecule has 1 rings (SSSR count). The predicted octanol–water partition coefficient (Wildman–Crippen LogP) is 1.67. The molecule has 1 aliphatic heterocycles. The van der Waals surface area contributed by atoms with Crippen molar-refractivity contribution < 1.29 is 19.1 Å². The van der Waals surface area contributed by atoms with Crippen molar-refractivity contribution in [1.82, 2.24) is 0 Å². The van der Waals surface area contributed by atoms with Gasteiger partial charge in [0.2, 0.25) is 0 Å². The molecule has 0 aliphatic carbocycles. The Morgan fingerprint density at radius 2 is 2.33 bits per heavy atom. The third-order valence-electron chi connectivity index (χ3n) is 2.40. The van der Waals surface area contributed by atoms with E-state index in [1.54, 1.807) is 0 Å². The zero-order chi connectivity index (χ0) is 11.1. The van der Waals surface area contributed by atoms with E-state index in [-0.39, 0.29) is 17.9 Å². The Kier molecular flexibility index (Phi) is 5.15. The fourth-order valence-electron chi connectivity index (χ4n) is 1.47. The lowest BCUT2D eigenvalue weighted by Gasteiger charge is -2.07. The quantitative estimate of drug-likeness (QED) is 0.498. The van der Waals surface area contributed by atoms with E-state index in [2.05, 4.69) is 6.92 Å². The molecule has 0 aromatic carbocycles. The molecule has 0 bridgehead atoms. The number of carbonyl (C=O) groups is 2. The number of rotatable bonds is 6. The van der Waals surface area contributed by atoms with Crippen molar-refractivity contribution in [3.63, 3.8) is 0 Å². The third kappa shape index (κ3) is 4.81. The van der Waals surface area contributed by atoms with Crippen molar-refractivity contribution in [2.45, 2.75) is 39.0 Å². The van der Waals surface area contributed by atoms with Crippen LogP contribution in [0.4, 0.5) is 0 Å². The van der Waals surface area contributed by atoms with Gasteiger partial charge in [0, 0.05) is 12.3 Å². The number of carbonyl (C=O) groups excluding carboxylic acids is 2. The maximum absolute atomic E-state index is 11.2. The van der Waals surface area contributed by atoms with Crippen LogP contribution in [0.5, 0.6) is 0 Å². The number of hydrogen-bond acceptors (Lipinski definition) is 4. The monoisotopic (exact) mass is 214 g/mol. The summed E-state index contributed by atoms with van der Waals surface area (Å²) in [7, 11) is 0. The fourth-order valence-corrected chi connectivity index (χ4v) is 1.47. The van der Waals surface area contributed by atoms with E-state index < -0.39 is 0 Å². The lowest BCUT2D eigenvalue weighted by atomic mass is 10.1. The molecule has 0 aromatic heterocycles. The van der Waals surface area contributed by atoms with Gasteiger partial charge in [-0.2, -0.15) is 0 Å². The first-order valence-corrected chi connectivity index (χ1v) is 5.53. The standard InChI is InChI=1S/C11H18O4/c1-2-3-4-5-10(12)14-7-9-6-11(13)15-8-9/h9H,2-8H2,1H3. The molecule has 1 aliphatic rings. The van der Waals surface area contributed by atoms with Crippen LogP contribution in [-0.2, 0) is 19.1 Å². The van der Waals surface area contributed by atoms with Gasteiger partial charge in [0.1, 0.15) is 0 Å². The summed E-state index contributed by atoms with van der Waals surface area (Å²) >= 11 is 0. The maximum atomic E-state index is 11.2. The van der Waals surface area contributed by atoms with Crippen molar-refractivity contribution in [3.05, 3.63) is 0 Å². The van der Waals surface area contributed by atoms with Crippen LogP contribution in [0.3, 0.4) is 0 Å². The van der Waals surface area contributed by atoms with Gasteiger partial charge in [0.15, 0.2) is 0 Å². The van der Waals surface area contributed by atoms with Crippen LogP contribution in [0, 0.1) is 5.92 Å². The largest absolute Gasteiger partial charge is 0.465 e. The first kappa shape index (κ1) is 12.0. The Morgan fingerprint density at radius 1 is 1.53 bits per heavy atom. The first-order valence-electron chi connectivity index (χ1n) is 5.53. The molecule has 1 fully saturated rings. The van der Waals surface area contributed by atoms with Crippen molar-refractivity contribution >= 4 is 11.9 Å². The minimum Gasteiger partial charge on any atom is -0.465 e. The molecular formula is C11H18O4. The van der Waals surface area contributed by atoms with Crippen LogP contribution in [0.15, 0.2) is 0 Å². The zero-order valence-corrected chi connectivity index (χ0v) is 9.16. The Labute approximate surface area is 89.9 Å². The smallest absolute Gasteiger partial charge is 0.306 e. The Balaban J connectivity index is 2.03. The summed E-state index contributed by atoms with van der Waals surface area (Å²) in [4.78, 5) is 22.0. The van der Waals surface area contributed by atoms with Crippen LogP contribution in [0.2, 0.25) is 0 Å². The molecule has 1 heterocycles. The molecule has 4 nitrogen and oxygen atoms in total. The summed E-state index contributed by atoms with van der Waals surface area (Å²) in [6.07, 6.45) is 3.89. The topological polar surface area (TPSA) is 52.6 Å². The molecule has 86 valence electrons. The summed E-state index contributed by atoms with van der Waals surface area (Å²) in [6.45, 7) is 2.80. The minimum absolute atomic E-state index is 0.0626. The van der Waals surface area contributed by atoms with Crippen molar-refractivity contribution in [1.29, 1.82) is 0 Å². The second-order valence-corrected chi connectivity index (χ2v) is 3.89. The van der Waals surface area contributed by atoms with Gasteiger partial charge in [-0.05, 0) is 6.42 Å². The summed E-state index contributed by atoms with van der Waals surface area (Å²) in [5.41, 5.74) is 0. The van der Waals surface area contributed by atoms with E-state index in [1.165, 1.54) is 0 Å². The van der Waals surface area contributed by atoms with Crippen LogP contribution in [-0.4, -0.2) is 25.2 Å². The second kappa shape index (κ2) is 6.43. The molecular weight excluding hydrogens is 196 g/mol. The van der Waals surface area contributed by atoms with E-state index in [1.807, 2.05) is 0 Å². The van der Waals surface area contributed by atoms with Crippen molar-refractivity contribution in [3.8, 4) is 0 Å². The number of cyclic esters (lactones) is 1. The van der Waals surface area contributed by atoms with Gasteiger partial charge in [0.05, 0.1) is 19.6 Å². The number of esters is 2. The number of hydrogen-bond donors (Lipinski definition) is 0. The first-order chi connectivity index (χ1) is 7.22. The number of ether oxygens (including phenoxy) is 2. The van der Waals surface area contributed by atoms with E-state index in [0.29, 0.717) is 26.1 Å². The van der Waals surface area contributed by atoms with Crippen LogP contribution in [0.25, 0.3) is 0 Å². The van der Waals surface area contributed by atoms with E-state index >= 15 is 0 Å². The second-order valence-electron chi connectivity index (χ2n) is 3.89. The Hall–Kier alpha value is -1.06. The van der Waals surface area contributed by atoms with Crippen LogP contribution >= 0.6 is 0 Å². The molecule has 1 unspecified atom stereocenters. The highest BCUT2D eigenvalue weighted by Gasteiger charge is 2.24. The van der Waals surface area contributed by atoms with Gasteiger partial charge in [-0.3, -0.25) is 9.59 Å². The van der Waals surface area contributed by atoms with E-state index in [0.717, 1.165) is 19.3 Å². The van der Waals surface area contributed by atoms with Crippen molar-refractivity contribution in [2.75, 3.05) is 13.2 Å². The summed E-state index contributed by atoms with van der Waals surface area (Å²) in [5.74, 6) is -0.294. The minimum atomic E-state index is -0.193. The summed E-state index contributed by atoms with van der Waals surface area (Å²) in [5, 5.41) is 0. The summed E-state index contributed by atoms with van der Waals surface area (Å²) < 4.78 is 9.82. The molecule has 0 saturated carbocycles. The summed E-state index contributed by atoms with van der Waals surface area (Å²) in [6, 6.07) is 0. The highest BCUT2D eigenvalue weighted by molar-refractivity contribution is 5.72. The lowest BCUT2D eigenvalue weighted by Crippen LogP contribution is -2.14. The molecule has 0 aromatic rings. The molecule has 0 N–H and O–H groups in total. The highest BCUT2D eigenvalue weighted by atomic mass is 16.6. The van der Waals surface area contributed by atoms with Gasteiger partial charge < -0.3 is 9.47 Å². The molecule has 4 heteroatoms. The molecule has 1 saturated heterocycles. The van der Waals surface area contributed by atoms with Gasteiger partial charge in [-0.1, -0.05) is 19.8 Å². The molecule has 0 spiro atoms. The molecule has 0 amide bonds. The predicted molar refractivity (Wildman–Crippen MR) is 54.2 cm³/mol. The molecule has 1 atom stereocenters. The van der Waals surface area contributed by atoms with Gasteiger partial charge in [-0.15, -0.1) is 0 Å². The van der Waals surface area contributed by atoms with Crippen molar-refractivity contribution in [2.24, 2.45) is 5.92 Å². The van der Waals surface area contributed by atoms with Crippen LogP contribution < -0.4 is 0 Å². The van der Waals surface area contributed by atoms with Gasteiger partial charge in [0.25, 0.3) is 0 Å². The van der Waals surface area contributed by atoms with Gasteiger partial charge in [-0.25, -0.2) is 0 Å². The highest BCUT2D eigenvalue weighted by Crippen LogP contribution is 2.14. The van der Waals surface area contributed by atoms with Gasteiger partial charge >= 0.3 is 11.9 Å². The Morgan fingerprint density at radius 3 is 2.93 bits per heavy atom. The normalized spacial score (nSPS) is 20.1. The van der Waals surface area contributed by atoms with E-state index in [9.17, 15) is 9.59 Å². The fraction of sp³-hybridized carbons (Fsp3) is 0.818.